The Morgan fingerprint density at radius 3 is 2.65 bits per heavy atom. The second kappa shape index (κ2) is 6.71. The van der Waals surface area contributed by atoms with Crippen LogP contribution in [0.15, 0.2) is 47.5 Å². The molecule has 5 nitrogen and oxygen atoms in total. The van der Waals surface area contributed by atoms with Gasteiger partial charge >= 0.3 is 0 Å². The van der Waals surface area contributed by atoms with Gasteiger partial charge in [0, 0.05) is 24.7 Å². The van der Waals surface area contributed by atoms with Gasteiger partial charge in [-0.2, -0.15) is 4.39 Å². The number of carbonyl (C=O) groups is 1. The molecule has 26 heavy (non-hydrogen) atoms. The Morgan fingerprint density at radius 1 is 1.23 bits per heavy atom. The zero-order valence-corrected chi connectivity index (χ0v) is 14.3. The first kappa shape index (κ1) is 18.4. The third-order valence-electron chi connectivity index (χ3n) is 4.22. The number of amides is 1. The summed E-state index contributed by atoms with van der Waals surface area (Å²) in [5, 5.41) is 1.22. The summed E-state index contributed by atoms with van der Waals surface area (Å²) in [6, 6.07) is 7.89. The molecule has 0 saturated heterocycles. The lowest BCUT2D eigenvalue weighted by molar-refractivity contribution is 0.00955. The molecule has 1 atom stereocenters. The van der Waals surface area contributed by atoms with E-state index >= 15 is 0 Å². The first-order valence-corrected chi connectivity index (χ1v) is 9.37. The smallest absolute Gasteiger partial charge is 0.260 e. The third-order valence-corrected chi connectivity index (χ3v) is 6.41. The normalized spacial score (nSPS) is 19.3. The van der Waals surface area contributed by atoms with Gasteiger partial charge in [0.15, 0.2) is 9.84 Å². The van der Waals surface area contributed by atoms with Crippen molar-refractivity contribution in [3.05, 3.63) is 54.1 Å². The highest BCUT2D eigenvalue weighted by atomic mass is 32.2. The van der Waals surface area contributed by atoms with E-state index in [0.29, 0.717) is 0 Å². The number of sulfone groups is 1. The molecule has 1 aromatic carbocycles. The summed E-state index contributed by atoms with van der Waals surface area (Å²) >= 11 is 0. The van der Waals surface area contributed by atoms with Crippen molar-refractivity contribution in [3.63, 3.8) is 0 Å². The van der Waals surface area contributed by atoms with Crippen molar-refractivity contribution in [1.29, 1.82) is 0 Å². The van der Waals surface area contributed by atoms with E-state index in [9.17, 15) is 26.4 Å². The van der Waals surface area contributed by atoms with E-state index in [2.05, 4.69) is 10.3 Å². The highest BCUT2D eigenvalue weighted by Gasteiger charge is 2.45. The van der Waals surface area contributed by atoms with E-state index in [1.807, 2.05) is 0 Å². The molecular formula is C17H15F3N2O3S. The number of rotatable bonds is 4. The summed E-state index contributed by atoms with van der Waals surface area (Å²) in [7, 11) is -3.96. The Bertz CT molecular complexity index is 948. The zero-order chi connectivity index (χ0) is 18.9. The van der Waals surface area contributed by atoms with Crippen molar-refractivity contribution in [2.75, 3.05) is 5.32 Å². The lowest BCUT2D eigenvalue weighted by atomic mass is 10.2. The SMILES string of the molecule is O=C(Nc1cccc(S(=O)(=O)C2CCC(F)(F)C2)c1)c1cccnc1F. The highest BCUT2D eigenvalue weighted by molar-refractivity contribution is 7.92. The van der Waals surface area contributed by atoms with Gasteiger partial charge in [0.1, 0.15) is 0 Å². The zero-order valence-electron chi connectivity index (χ0n) is 13.5. The van der Waals surface area contributed by atoms with Crippen molar-refractivity contribution in [2.45, 2.75) is 35.3 Å². The average Bonchev–Trinajstić information content (AvgIpc) is 2.96. The number of aromatic nitrogens is 1. The Hall–Kier alpha value is -2.42. The van der Waals surface area contributed by atoms with E-state index in [0.717, 1.165) is 0 Å². The van der Waals surface area contributed by atoms with Gasteiger partial charge in [-0.3, -0.25) is 4.79 Å². The number of pyridine rings is 1. The number of benzene rings is 1. The Kier molecular flexibility index (Phi) is 4.74. The summed E-state index contributed by atoms with van der Waals surface area (Å²) in [6.07, 6.45) is -0.107. The van der Waals surface area contributed by atoms with Gasteiger partial charge < -0.3 is 5.32 Å². The monoisotopic (exact) mass is 384 g/mol. The van der Waals surface area contributed by atoms with Crippen LogP contribution in [0, 0.1) is 5.95 Å². The number of alkyl halides is 2. The van der Waals surface area contributed by atoms with Crippen LogP contribution in [-0.2, 0) is 9.84 Å². The van der Waals surface area contributed by atoms with Crippen LogP contribution in [0.1, 0.15) is 29.6 Å². The second-order valence-electron chi connectivity index (χ2n) is 6.09. The molecule has 1 heterocycles. The topological polar surface area (TPSA) is 76.1 Å². The molecule has 0 spiro atoms. The lowest BCUT2D eigenvalue weighted by Gasteiger charge is -2.13. The molecule has 1 fully saturated rings. The maximum absolute atomic E-state index is 13.5. The van der Waals surface area contributed by atoms with Crippen LogP contribution in [0.25, 0.3) is 0 Å². The molecule has 2 aromatic rings. The molecule has 0 radical (unpaired) electrons. The molecule has 1 aliphatic rings. The fraction of sp³-hybridized carbons (Fsp3) is 0.294. The standard InChI is InChI=1S/C17H15F3N2O3S/c18-15-14(5-2-8-21-15)16(23)22-11-3-1-4-12(9-11)26(24,25)13-6-7-17(19,20)10-13/h1-5,8-9,13H,6-7,10H2,(H,22,23). The van der Waals surface area contributed by atoms with Crippen molar-refractivity contribution in [1.82, 2.24) is 4.98 Å². The number of halogens is 3. The quantitative estimate of drug-likeness (QED) is 0.820. The minimum atomic E-state index is -3.96. The number of hydrogen-bond donors (Lipinski definition) is 1. The predicted octanol–water partition coefficient (Wildman–Crippen LogP) is 3.43. The number of nitrogens with one attached hydrogen (secondary N) is 1. The molecular weight excluding hydrogens is 369 g/mol. The van der Waals surface area contributed by atoms with Crippen LogP contribution in [-0.4, -0.2) is 30.5 Å². The summed E-state index contributed by atoms with van der Waals surface area (Å²) in [4.78, 5) is 15.3. The van der Waals surface area contributed by atoms with Crippen molar-refractivity contribution in [3.8, 4) is 0 Å². The predicted molar refractivity (Wildman–Crippen MR) is 88.4 cm³/mol. The van der Waals surface area contributed by atoms with Gasteiger partial charge in [-0.15, -0.1) is 0 Å². The molecule has 1 amide bonds. The molecule has 1 unspecified atom stereocenters. The van der Waals surface area contributed by atoms with Crippen LogP contribution in [0.5, 0.6) is 0 Å². The molecule has 0 aliphatic heterocycles. The van der Waals surface area contributed by atoms with Crippen LogP contribution in [0.4, 0.5) is 18.9 Å². The maximum atomic E-state index is 13.5. The van der Waals surface area contributed by atoms with Gasteiger partial charge in [0.05, 0.1) is 15.7 Å². The number of nitrogens with zero attached hydrogens (tertiary/aromatic N) is 1. The second-order valence-corrected chi connectivity index (χ2v) is 8.32. The van der Waals surface area contributed by atoms with E-state index in [1.165, 1.54) is 42.6 Å². The Labute approximate surface area is 148 Å². The van der Waals surface area contributed by atoms with Crippen LogP contribution in [0.3, 0.4) is 0 Å². The van der Waals surface area contributed by atoms with E-state index in [1.54, 1.807) is 0 Å². The Morgan fingerprint density at radius 2 is 2.00 bits per heavy atom. The first-order chi connectivity index (χ1) is 12.2. The summed E-state index contributed by atoms with van der Waals surface area (Å²) < 4.78 is 65.4. The maximum Gasteiger partial charge on any atom is 0.260 e. The molecule has 3 rings (SSSR count). The van der Waals surface area contributed by atoms with Crippen molar-refractivity contribution >= 4 is 21.4 Å². The molecule has 9 heteroatoms. The average molecular weight is 384 g/mol. The molecule has 1 aromatic heterocycles. The fourth-order valence-electron chi connectivity index (χ4n) is 2.87. The minimum Gasteiger partial charge on any atom is -0.322 e. The van der Waals surface area contributed by atoms with Gasteiger partial charge in [0.25, 0.3) is 5.91 Å². The first-order valence-electron chi connectivity index (χ1n) is 7.83. The number of carbonyl (C=O) groups excluding carboxylic acids is 1. The molecule has 138 valence electrons. The fourth-order valence-corrected chi connectivity index (χ4v) is 4.71. The Balaban J connectivity index is 1.83. The minimum absolute atomic E-state index is 0.115. The van der Waals surface area contributed by atoms with Crippen molar-refractivity contribution < 1.29 is 26.4 Å². The van der Waals surface area contributed by atoms with E-state index < -0.39 is 45.7 Å². The highest BCUT2D eigenvalue weighted by Crippen LogP contribution is 2.40. The lowest BCUT2D eigenvalue weighted by Crippen LogP contribution is -2.21. The third kappa shape index (κ3) is 3.72. The van der Waals surface area contributed by atoms with E-state index in [4.69, 9.17) is 0 Å². The molecule has 1 saturated carbocycles. The van der Waals surface area contributed by atoms with Gasteiger partial charge in [-0.25, -0.2) is 22.2 Å². The summed E-state index contributed by atoms with van der Waals surface area (Å²) in [5.41, 5.74) is -0.180. The van der Waals surface area contributed by atoms with Crippen LogP contribution >= 0.6 is 0 Å². The molecule has 1 N–H and O–H groups in total. The molecule has 0 bridgehead atoms. The largest absolute Gasteiger partial charge is 0.322 e. The number of anilines is 1. The van der Waals surface area contributed by atoms with Gasteiger partial charge in [-0.05, 0) is 36.8 Å². The summed E-state index contributed by atoms with van der Waals surface area (Å²) in [6.45, 7) is 0. The van der Waals surface area contributed by atoms with Gasteiger partial charge in [0.2, 0.25) is 11.9 Å². The summed E-state index contributed by atoms with van der Waals surface area (Å²) in [5.74, 6) is -4.74. The number of hydrogen-bond acceptors (Lipinski definition) is 4. The van der Waals surface area contributed by atoms with Crippen LogP contribution in [0.2, 0.25) is 0 Å². The van der Waals surface area contributed by atoms with Gasteiger partial charge in [-0.1, -0.05) is 6.07 Å². The molecule has 1 aliphatic carbocycles. The van der Waals surface area contributed by atoms with E-state index in [-0.39, 0.29) is 22.6 Å². The van der Waals surface area contributed by atoms with Crippen molar-refractivity contribution in [2.24, 2.45) is 0 Å². The van der Waals surface area contributed by atoms with Crippen LogP contribution < -0.4 is 5.32 Å².